The first-order chi connectivity index (χ1) is 15.2. The summed E-state index contributed by atoms with van der Waals surface area (Å²) in [4.78, 5) is 47.0. The van der Waals surface area contributed by atoms with Gasteiger partial charge in [0.05, 0.1) is 15.0 Å². The van der Waals surface area contributed by atoms with Crippen molar-refractivity contribution in [2.24, 2.45) is 0 Å². The van der Waals surface area contributed by atoms with E-state index in [9.17, 15) is 14.4 Å². The first-order valence-corrected chi connectivity index (χ1v) is 11.0. The molecule has 0 atom stereocenters. The highest BCUT2D eigenvalue weighted by atomic mass is 35.5. The van der Waals surface area contributed by atoms with Crippen LogP contribution in [0.2, 0.25) is 10.0 Å². The zero-order valence-corrected chi connectivity index (χ0v) is 19.3. The number of amides is 3. The topological polar surface area (TPSA) is 110 Å². The van der Waals surface area contributed by atoms with Crippen LogP contribution in [0.1, 0.15) is 27.6 Å². The van der Waals surface area contributed by atoms with Gasteiger partial charge in [0.2, 0.25) is 5.82 Å². The maximum Gasteiger partial charge on any atom is 0.293 e. The predicted molar refractivity (Wildman–Crippen MR) is 122 cm³/mol. The number of thioether (sulfide) groups is 1. The second-order valence-corrected chi connectivity index (χ2v) is 8.70. The minimum atomic E-state index is -0.527. The van der Waals surface area contributed by atoms with Crippen LogP contribution in [0, 0.1) is 13.8 Å². The van der Waals surface area contributed by atoms with E-state index >= 15 is 0 Å². The van der Waals surface area contributed by atoms with Gasteiger partial charge in [-0.25, -0.2) is 9.50 Å². The van der Waals surface area contributed by atoms with E-state index in [-0.39, 0.29) is 23.8 Å². The van der Waals surface area contributed by atoms with Gasteiger partial charge >= 0.3 is 0 Å². The molecule has 1 aliphatic heterocycles. The standard InChI is InChI=1S/C20H16Cl2N6O3S/c1-10-8-11(2)28-19(24-10)25-16(26-28)17(29)23-6-7-27-18(30)14(32-20(27)31)9-12-4-3-5-13(21)15(12)22/h3-5,8-9H,6-7H2,1-2H3,(H,23,29)/b14-9-. The Labute approximate surface area is 196 Å². The van der Waals surface area contributed by atoms with Crippen molar-refractivity contribution in [3.05, 3.63) is 62.0 Å². The smallest absolute Gasteiger partial charge is 0.293 e. The van der Waals surface area contributed by atoms with Gasteiger partial charge < -0.3 is 5.32 Å². The van der Waals surface area contributed by atoms with Gasteiger partial charge in [-0.1, -0.05) is 35.3 Å². The van der Waals surface area contributed by atoms with E-state index < -0.39 is 17.1 Å². The molecule has 0 radical (unpaired) electrons. The molecular formula is C20H16Cl2N6O3S. The van der Waals surface area contributed by atoms with Crippen LogP contribution < -0.4 is 5.32 Å². The summed E-state index contributed by atoms with van der Waals surface area (Å²) in [5, 5.41) is 6.99. The van der Waals surface area contributed by atoms with Crippen LogP contribution in [0.25, 0.3) is 11.9 Å². The fourth-order valence-corrected chi connectivity index (χ4v) is 4.31. The quantitative estimate of drug-likeness (QED) is 0.544. The molecule has 1 fully saturated rings. The van der Waals surface area contributed by atoms with Gasteiger partial charge in [0.25, 0.3) is 22.8 Å². The van der Waals surface area contributed by atoms with Crippen LogP contribution in [0.3, 0.4) is 0 Å². The summed E-state index contributed by atoms with van der Waals surface area (Å²) in [7, 11) is 0. The lowest BCUT2D eigenvalue weighted by atomic mass is 10.2. The number of benzene rings is 1. The van der Waals surface area contributed by atoms with Gasteiger partial charge in [-0.2, -0.15) is 4.98 Å². The van der Waals surface area contributed by atoms with Crippen LogP contribution in [-0.2, 0) is 4.79 Å². The molecule has 1 saturated heterocycles. The Balaban J connectivity index is 1.41. The molecule has 2 aromatic heterocycles. The maximum atomic E-state index is 12.6. The molecule has 1 aliphatic rings. The van der Waals surface area contributed by atoms with Crippen LogP contribution in [0.15, 0.2) is 29.2 Å². The number of nitrogens with zero attached hydrogens (tertiary/aromatic N) is 5. The lowest BCUT2D eigenvalue weighted by Gasteiger charge is -2.12. The van der Waals surface area contributed by atoms with Crippen molar-refractivity contribution in [1.82, 2.24) is 29.8 Å². The molecule has 9 nitrogen and oxygen atoms in total. The summed E-state index contributed by atoms with van der Waals surface area (Å²) in [5.41, 5.74) is 2.10. The first kappa shape index (κ1) is 22.3. The number of halogens is 2. The van der Waals surface area contributed by atoms with Crippen molar-refractivity contribution < 1.29 is 14.4 Å². The number of imide groups is 1. The Morgan fingerprint density at radius 2 is 2.00 bits per heavy atom. The van der Waals surface area contributed by atoms with Gasteiger partial charge in [-0.15, -0.1) is 5.10 Å². The number of nitrogens with one attached hydrogen (secondary N) is 1. The number of rotatable bonds is 5. The maximum absolute atomic E-state index is 12.6. The summed E-state index contributed by atoms with van der Waals surface area (Å²) in [6, 6.07) is 6.85. The minimum Gasteiger partial charge on any atom is -0.347 e. The predicted octanol–water partition coefficient (Wildman–Crippen LogP) is 3.51. The Morgan fingerprint density at radius 1 is 1.22 bits per heavy atom. The molecule has 0 aliphatic carbocycles. The number of fused-ring (bicyclic) bond motifs is 1. The van der Waals surface area contributed by atoms with E-state index in [2.05, 4.69) is 20.4 Å². The SMILES string of the molecule is Cc1cc(C)n2nc(C(=O)NCCN3C(=O)S/C(=C\c4cccc(Cl)c4Cl)C3=O)nc2n1. The Hall–Kier alpha value is -2.95. The second kappa shape index (κ2) is 8.89. The molecule has 1 N–H and O–H groups in total. The lowest BCUT2D eigenvalue weighted by Crippen LogP contribution is -2.37. The number of hydrogen-bond donors (Lipinski definition) is 1. The zero-order chi connectivity index (χ0) is 23.0. The number of hydrogen-bond acceptors (Lipinski definition) is 7. The van der Waals surface area contributed by atoms with Gasteiger partial charge in [0.1, 0.15) is 0 Å². The summed E-state index contributed by atoms with van der Waals surface area (Å²) in [5.74, 6) is -0.716. The number of aryl methyl sites for hydroxylation is 2. The molecule has 4 rings (SSSR count). The molecule has 0 unspecified atom stereocenters. The van der Waals surface area contributed by atoms with E-state index in [1.807, 2.05) is 19.9 Å². The van der Waals surface area contributed by atoms with Crippen molar-refractivity contribution in [3.63, 3.8) is 0 Å². The van der Waals surface area contributed by atoms with E-state index in [1.54, 1.807) is 18.2 Å². The lowest BCUT2D eigenvalue weighted by molar-refractivity contribution is -0.122. The third-order valence-corrected chi connectivity index (χ3v) is 6.32. The molecule has 0 spiro atoms. The fraction of sp³-hybridized carbons (Fsp3) is 0.200. The van der Waals surface area contributed by atoms with Gasteiger partial charge in [0, 0.05) is 24.5 Å². The van der Waals surface area contributed by atoms with Gasteiger partial charge in [-0.05, 0) is 49.4 Å². The summed E-state index contributed by atoms with van der Waals surface area (Å²) in [6.45, 7) is 3.71. The summed E-state index contributed by atoms with van der Waals surface area (Å²) < 4.78 is 1.48. The Bertz CT molecular complexity index is 1310. The molecule has 3 amide bonds. The highest BCUT2D eigenvalue weighted by Crippen LogP contribution is 2.34. The molecule has 3 aromatic rings. The second-order valence-electron chi connectivity index (χ2n) is 6.92. The molecule has 32 heavy (non-hydrogen) atoms. The van der Waals surface area contributed by atoms with E-state index in [0.717, 1.165) is 28.0 Å². The molecule has 3 heterocycles. The first-order valence-electron chi connectivity index (χ1n) is 9.43. The van der Waals surface area contributed by atoms with Crippen molar-refractivity contribution in [1.29, 1.82) is 0 Å². The van der Waals surface area contributed by atoms with Crippen LogP contribution >= 0.6 is 35.0 Å². The molecular weight excluding hydrogens is 475 g/mol. The molecule has 1 aromatic carbocycles. The van der Waals surface area contributed by atoms with Gasteiger partial charge in [-0.3, -0.25) is 19.3 Å². The van der Waals surface area contributed by atoms with Crippen LogP contribution in [0.5, 0.6) is 0 Å². The highest BCUT2D eigenvalue weighted by molar-refractivity contribution is 8.18. The van der Waals surface area contributed by atoms with Crippen molar-refractivity contribution in [3.8, 4) is 0 Å². The largest absolute Gasteiger partial charge is 0.347 e. The minimum absolute atomic E-state index is 0.000776. The van der Waals surface area contributed by atoms with Crippen LogP contribution in [-0.4, -0.2) is 54.6 Å². The third-order valence-electron chi connectivity index (χ3n) is 4.58. The van der Waals surface area contributed by atoms with Crippen molar-refractivity contribution in [2.75, 3.05) is 13.1 Å². The summed E-state index contributed by atoms with van der Waals surface area (Å²) in [6.07, 6.45) is 1.52. The van der Waals surface area contributed by atoms with E-state index in [1.165, 1.54) is 10.6 Å². The van der Waals surface area contributed by atoms with E-state index in [0.29, 0.717) is 21.4 Å². The number of carbonyl (C=O) groups excluding carboxylic acids is 3. The Kier molecular flexibility index (Phi) is 6.18. The fourth-order valence-electron chi connectivity index (χ4n) is 3.09. The van der Waals surface area contributed by atoms with Crippen molar-refractivity contribution >= 4 is 63.9 Å². The van der Waals surface area contributed by atoms with Crippen LogP contribution in [0.4, 0.5) is 4.79 Å². The highest BCUT2D eigenvalue weighted by Gasteiger charge is 2.35. The Morgan fingerprint density at radius 3 is 2.78 bits per heavy atom. The molecule has 0 saturated carbocycles. The number of carbonyl (C=O) groups is 3. The number of aromatic nitrogens is 4. The molecule has 164 valence electrons. The average molecular weight is 491 g/mol. The zero-order valence-electron chi connectivity index (χ0n) is 16.9. The third kappa shape index (κ3) is 4.34. The normalized spacial score (nSPS) is 15.2. The molecule has 0 bridgehead atoms. The summed E-state index contributed by atoms with van der Waals surface area (Å²) >= 11 is 13.0. The van der Waals surface area contributed by atoms with Gasteiger partial charge in [0.15, 0.2) is 0 Å². The monoisotopic (exact) mass is 490 g/mol. The molecule has 12 heteroatoms. The van der Waals surface area contributed by atoms with Crippen molar-refractivity contribution in [2.45, 2.75) is 13.8 Å². The average Bonchev–Trinajstić information content (AvgIpc) is 3.28. The van der Waals surface area contributed by atoms with E-state index in [4.69, 9.17) is 23.2 Å².